The minimum absolute atomic E-state index is 0.138. The van der Waals surface area contributed by atoms with E-state index in [9.17, 15) is 9.18 Å². The summed E-state index contributed by atoms with van der Waals surface area (Å²) < 4.78 is 13.2. The van der Waals surface area contributed by atoms with Gasteiger partial charge in [-0.2, -0.15) is 15.0 Å². The number of benzene rings is 2. The molecule has 0 bridgehead atoms. The Balaban J connectivity index is 1.63. The molecule has 4 rings (SSSR count). The van der Waals surface area contributed by atoms with E-state index in [1.165, 1.54) is 24.3 Å². The van der Waals surface area contributed by atoms with Gasteiger partial charge in [0.2, 0.25) is 11.9 Å². The number of anilines is 4. The van der Waals surface area contributed by atoms with Gasteiger partial charge in [-0.15, -0.1) is 0 Å². The van der Waals surface area contributed by atoms with Crippen molar-refractivity contribution in [1.82, 2.24) is 15.0 Å². The molecule has 0 aliphatic carbocycles. The highest BCUT2D eigenvalue weighted by atomic mass is 19.1. The fraction of sp³-hybridized carbons (Fsp3) is 0.304. The van der Waals surface area contributed by atoms with Gasteiger partial charge < -0.3 is 20.9 Å². The number of carbonyl (C=O) groups excluding carboxylic acids is 1. The van der Waals surface area contributed by atoms with Crippen LogP contribution in [-0.4, -0.2) is 41.5 Å². The molecule has 0 saturated carbocycles. The van der Waals surface area contributed by atoms with Crippen LogP contribution in [0.5, 0.6) is 0 Å². The Morgan fingerprint density at radius 1 is 1.16 bits per heavy atom. The molecular formula is C23H26FN7O. The molecule has 0 spiro atoms. The van der Waals surface area contributed by atoms with Crippen molar-refractivity contribution < 1.29 is 9.18 Å². The van der Waals surface area contributed by atoms with Crippen molar-refractivity contribution in [3.63, 3.8) is 0 Å². The zero-order valence-electron chi connectivity index (χ0n) is 18.3. The van der Waals surface area contributed by atoms with Gasteiger partial charge in [-0.05, 0) is 61.7 Å². The van der Waals surface area contributed by atoms with Crippen LogP contribution in [0.25, 0.3) is 0 Å². The maximum absolute atomic E-state index is 13.2. The number of nitrogens with two attached hydrogens (primary N) is 1. The first-order valence-corrected chi connectivity index (χ1v) is 10.5. The van der Waals surface area contributed by atoms with E-state index in [0.29, 0.717) is 17.3 Å². The highest BCUT2D eigenvalue weighted by molar-refractivity contribution is 6.05. The zero-order valence-corrected chi connectivity index (χ0v) is 18.3. The van der Waals surface area contributed by atoms with Crippen molar-refractivity contribution >= 4 is 29.2 Å². The lowest BCUT2D eigenvalue weighted by molar-refractivity contribution is 0.102. The summed E-state index contributed by atoms with van der Waals surface area (Å²) in [4.78, 5) is 29.8. The maximum Gasteiger partial charge on any atom is 0.255 e. The second-order valence-electron chi connectivity index (χ2n) is 7.98. The molecule has 9 heteroatoms. The van der Waals surface area contributed by atoms with Crippen LogP contribution in [0.2, 0.25) is 0 Å². The standard InChI is InChI=1S/C23H26FN7O/c1-14(20-27-22(25)29-23(28-20)30(2)3)31-13-5-6-17-18(7-4-8-19(17)31)26-21(32)15-9-11-16(24)12-10-15/h4,7-12,14H,5-6,13H2,1-3H3,(H,26,32)(H2,25,27,28,29). The van der Waals surface area contributed by atoms with Crippen molar-refractivity contribution in [2.45, 2.75) is 25.8 Å². The summed E-state index contributed by atoms with van der Waals surface area (Å²) >= 11 is 0. The second-order valence-corrected chi connectivity index (χ2v) is 7.98. The first-order valence-electron chi connectivity index (χ1n) is 10.5. The third-order valence-corrected chi connectivity index (χ3v) is 5.54. The van der Waals surface area contributed by atoms with Crippen LogP contribution in [0.3, 0.4) is 0 Å². The van der Waals surface area contributed by atoms with Crippen molar-refractivity contribution in [2.24, 2.45) is 0 Å². The van der Waals surface area contributed by atoms with Crippen LogP contribution in [0.4, 0.5) is 27.7 Å². The summed E-state index contributed by atoms with van der Waals surface area (Å²) in [5.41, 5.74) is 9.15. The number of hydrogen-bond donors (Lipinski definition) is 2. The smallest absolute Gasteiger partial charge is 0.255 e. The van der Waals surface area contributed by atoms with E-state index in [-0.39, 0.29) is 23.7 Å². The van der Waals surface area contributed by atoms with E-state index >= 15 is 0 Å². The van der Waals surface area contributed by atoms with Gasteiger partial charge in [0.05, 0.1) is 6.04 Å². The van der Waals surface area contributed by atoms with Gasteiger partial charge in [0.15, 0.2) is 5.82 Å². The van der Waals surface area contributed by atoms with Gasteiger partial charge in [-0.1, -0.05) is 6.07 Å². The first-order chi connectivity index (χ1) is 15.3. The molecule has 3 N–H and O–H groups in total. The van der Waals surface area contributed by atoms with Crippen molar-refractivity contribution in [3.05, 3.63) is 65.2 Å². The van der Waals surface area contributed by atoms with Gasteiger partial charge in [-0.3, -0.25) is 4.79 Å². The summed E-state index contributed by atoms with van der Waals surface area (Å²) in [6, 6.07) is 11.2. The molecule has 8 nitrogen and oxygen atoms in total. The van der Waals surface area contributed by atoms with Crippen molar-refractivity contribution in [3.8, 4) is 0 Å². The van der Waals surface area contributed by atoms with Crippen LogP contribution >= 0.6 is 0 Å². The molecule has 0 fully saturated rings. The van der Waals surface area contributed by atoms with Crippen LogP contribution in [0, 0.1) is 5.82 Å². The highest BCUT2D eigenvalue weighted by Gasteiger charge is 2.27. The van der Waals surface area contributed by atoms with Crippen LogP contribution in [0.15, 0.2) is 42.5 Å². The van der Waals surface area contributed by atoms with Crippen LogP contribution in [-0.2, 0) is 6.42 Å². The number of amides is 1. The summed E-state index contributed by atoms with van der Waals surface area (Å²) in [5, 5.41) is 2.98. The Labute approximate surface area is 186 Å². The van der Waals surface area contributed by atoms with Crippen molar-refractivity contribution in [1.29, 1.82) is 0 Å². The lowest BCUT2D eigenvalue weighted by Crippen LogP contribution is -2.34. The van der Waals surface area contributed by atoms with E-state index in [1.54, 1.807) is 4.90 Å². The number of nitrogens with one attached hydrogen (secondary N) is 1. The largest absolute Gasteiger partial charge is 0.368 e. The number of nitrogens with zero attached hydrogens (tertiary/aromatic N) is 5. The van der Waals surface area contributed by atoms with Gasteiger partial charge in [0, 0.05) is 37.6 Å². The predicted octanol–water partition coefficient (Wildman–Crippen LogP) is 3.43. The Kier molecular flexibility index (Phi) is 5.89. The first kappa shape index (κ1) is 21.5. The van der Waals surface area contributed by atoms with Crippen LogP contribution < -0.4 is 20.9 Å². The number of carbonyl (C=O) groups is 1. The monoisotopic (exact) mass is 435 g/mol. The van der Waals surface area contributed by atoms with Gasteiger partial charge in [0.25, 0.3) is 5.91 Å². The number of hydrogen-bond acceptors (Lipinski definition) is 7. The Bertz CT molecular complexity index is 1130. The average Bonchev–Trinajstić information content (AvgIpc) is 2.78. The summed E-state index contributed by atoms with van der Waals surface area (Å²) in [6.45, 7) is 2.86. The molecule has 3 aromatic rings. The topological polar surface area (TPSA) is 100 Å². The SMILES string of the molecule is CC(c1nc(N)nc(N(C)C)n1)N1CCCc2c(NC(=O)c3ccc(F)cc3)cccc21. The van der Waals surface area contributed by atoms with E-state index in [0.717, 1.165) is 36.3 Å². The third kappa shape index (κ3) is 4.32. The molecular weight excluding hydrogens is 409 g/mol. The fourth-order valence-electron chi connectivity index (χ4n) is 3.89. The van der Waals surface area contributed by atoms with E-state index in [4.69, 9.17) is 5.73 Å². The number of rotatable bonds is 5. The molecule has 0 saturated heterocycles. The molecule has 166 valence electrons. The fourth-order valence-corrected chi connectivity index (χ4v) is 3.89. The molecule has 0 radical (unpaired) electrons. The molecule has 32 heavy (non-hydrogen) atoms. The number of aromatic nitrogens is 3. The summed E-state index contributed by atoms with van der Waals surface area (Å²) in [6.07, 6.45) is 1.75. The third-order valence-electron chi connectivity index (χ3n) is 5.54. The Hall–Kier alpha value is -3.75. The number of halogens is 1. The molecule has 1 unspecified atom stereocenters. The molecule has 1 aliphatic rings. The summed E-state index contributed by atoms with van der Waals surface area (Å²) in [5.74, 6) is 0.638. The van der Waals surface area contributed by atoms with Gasteiger partial charge in [0.1, 0.15) is 5.82 Å². The molecule has 1 atom stereocenters. The molecule has 1 aromatic heterocycles. The molecule has 1 amide bonds. The molecule has 1 aliphatic heterocycles. The minimum atomic E-state index is -0.375. The lowest BCUT2D eigenvalue weighted by atomic mass is 9.98. The Morgan fingerprint density at radius 2 is 1.91 bits per heavy atom. The van der Waals surface area contributed by atoms with Gasteiger partial charge >= 0.3 is 0 Å². The van der Waals surface area contributed by atoms with Gasteiger partial charge in [-0.25, -0.2) is 4.39 Å². The molecule has 2 heterocycles. The van der Waals surface area contributed by atoms with E-state index in [2.05, 4.69) is 25.2 Å². The summed E-state index contributed by atoms with van der Waals surface area (Å²) in [7, 11) is 3.71. The zero-order chi connectivity index (χ0) is 22.8. The van der Waals surface area contributed by atoms with Crippen LogP contribution in [0.1, 0.15) is 41.1 Å². The van der Waals surface area contributed by atoms with E-state index < -0.39 is 0 Å². The predicted molar refractivity (Wildman–Crippen MR) is 123 cm³/mol. The number of nitrogen functional groups attached to an aromatic ring is 1. The minimum Gasteiger partial charge on any atom is -0.368 e. The van der Waals surface area contributed by atoms with Crippen molar-refractivity contribution in [2.75, 3.05) is 41.5 Å². The lowest BCUT2D eigenvalue weighted by Gasteiger charge is -2.36. The quantitative estimate of drug-likeness (QED) is 0.633. The van der Waals surface area contributed by atoms with E-state index in [1.807, 2.05) is 39.2 Å². The average molecular weight is 436 g/mol. The highest BCUT2D eigenvalue weighted by Crippen LogP contribution is 2.37. The second kappa shape index (κ2) is 8.78. The Morgan fingerprint density at radius 3 is 2.62 bits per heavy atom. The molecule has 2 aromatic carbocycles. The maximum atomic E-state index is 13.2. The normalized spacial score (nSPS) is 13.9. The number of fused-ring (bicyclic) bond motifs is 1.